The molecule has 0 rings (SSSR count). The quantitative estimate of drug-likeness (QED) is 0.0362. The Morgan fingerprint density at radius 1 is 0.400 bits per heavy atom. The van der Waals surface area contributed by atoms with Crippen LogP contribution in [0.5, 0.6) is 0 Å². The zero-order valence-corrected chi connectivity index (χ0v) is 28.7. The van der Waals surface area contributed by atoms with Crippen LogP contribution in [0.3, 0.4) is 0 Å². The molecule has 0 aromatic heterocycles. The summed E-state index contributed by atoms with van der Waals surface area (Å²) in [5.74, 6) is -5.70. The molecule has 0 radical (unpaired) electrons. The SMILES string of the molecule is CNC(CCCCCC(=O)CNC(=O)CNC(=O)CNC(=O)CNC(=O)CNC(=O)CNC(=O)CNC(=O)CNC(=O)CCC(C)=O)C(C)=O. The summed E-state index contributed by atoms with van der Waals surface area (Å²) in [6.07, 6.45) is 3.09. The number of carbonyl (C=O) groups is 11. The van der Waals surface area contributed by atoms with Crippen molar-refractivity contribution in [3.63, 3.8) is 0 Å². The Bertz CT molecular complexity index is 1240. The highest BCUT2D eigenvalue weighted by Crippen LogP contribution is 2.06. The zero-order valence-electron chi connectivity index (χ0n) is 28.7. The third-order valence-corrected chi connectivity index (χ3v) is 6.60. The second-order valence-corrected chi connectivity index (χ2v) is 11.0. The summed E-state index contributed by atoms with van der Waals surface area (Å²) in [6.45, 7) is -0.723. The van der Waals surface area contributed by atoms with Crippen molar-refractivity contribution in [3.05, 3.63) is 0 Å². The number of ketones is 3. The highest BCUT2D eigenvalue weighted by molar-refractivity contribution is 5.93. The predicted molar refractivity (Wildman–Crippen MR) is 176 cm³/mol. The van der Waals surface area contributed by atoms with E-state index in [1.165, 1.54) is 13.8 Å². The molecule has 50 heavy (non-hydrogen) atoms. The number of rotatable bonds is 27. The lowest BCUT2D eigenvalue weighted by atomic mass is 10.0. The van der Waals surface area contributed by atoms with Gasteiger partial charge in [-0.1, -0.05) is 12.8 Å². The van der Waals surface area contributed by atoms with E-state index in [0.717, 1.165) is 12.8 Å². The summed E-state index contributed by atoms with van der Waals surface area (Å²) in [6, 6.07) is -0.198. The van der Waals surface area contributed by atoms with Crippen molar-refractivity contribution in [2.45, 2.75) is 64.8 Å². The van der Waals surface area contributed by atoms with E-state index in [0.29, 0.717) is 12.8 Å². The Morgan fingerprint density at radius 2 is 0.740 bits per heavy atom. The van der Waals surface area contributed by atoms with Gasteiger partial charge in [0.2, 0.25) is 47.3 Å². The van der Waals surface area contributed by atoms with E-state index in [-0.39, 0.29) is 49.2 Å². The summed E-state index contributed by atoms with van der Waals surface area (Å²) in [7, 11) is 1.72. The number of carbonyl (C=O) groups excluding carboxylic acids is 11. The molecule has 0 aliphatic heterocycles. The van der Waals surface area contributed by atoms with Crippen molar-refractivity contribution in [2.75, 3.05) is 59.4 Å². The van der Waals surface area contributed by atoms with E-state index in [9.17, 15) is 52.7 Å². The van der Waals surface area contributed by atoms with Crippen molar-refractivity contribution in [1.29, 1.82) is 0 Å². The largest absolute Gasteiger partial charge is 0.347 e. The lowest BCUT2D eigenvalue weighted by Crippen LogP contribution is -2.47. The number of hydrogen-bond donors (Lipinski definition) is 9. The second kappa shape index (κ2) is 26.7. The molecule has 0 aromatic rings. The molecule has 0 saturated carbocycles. The average Bonchev–Trinajstić information content (AvgIpc) is 3.07. The topological polar surface area (TPSA) is 296 Å². The summed E-state index contributed by atoms with van der Waals surface area (Å²) < 4.78 is 0. The van der Waals surface area contributed by atoms with Gasteiger partial charge in [-0.15, -0.1) is 0 Å². The summed E-state index contributed by atoms with van der Waals surface area (Å²) in [5.41, 5.74) is 0. The fourth-order valence-electron chi connectivity index (χ4n) is 3.75. The van der Waals surface area contributed by atoms with Crippen molar-refractivity contribution in [2.24, 2.45) is 0 Å². The number of hydrogen-bond acceptors (Lipinski definition) is 12. The first-order chi connectivity index (χ1) is 23.6. The van der Waals surface area contributed by atoms with Crippen LogP contribution in [0.25, 0.3) is 0 Å². The minimum absolute atomic E-state index is 0.0404. The van der Waals surface area contributed by atoms with Gasteiger partial charge in [-0.05, 0) is 33.7 Å². The molecule has 280 valence electrons. The van der Waals surface area contributed by atoms with Gasteiger partial charge in [-0.3, -0.25) is 47.9 Å². The Morgan fingerprint density at radius 3 is 1.06 bits per heavy atom. The van der Waals surface area contributed by atoms with Crippen LogP contribution in [0.2, 0.25) is 0 Å². The lowest BCUT2D eigenvalue weighted by Gasteiger charge is -2.11. The van der Waals surface area contributed by atoms with Crippen molar-refractivity contribution in [3.8, 4) is 0 Å². The minimum atomic E-state index is -0.747. The third-order valence-electron chi connectivity index (χ3n) is 6.60. The van der Waals surface area contributed by atoms with Crippen LogP contribution >= 0.6 is 0 Å². The summed E-state index contributed by atoms with van der Waals surface area (Å²) >= 11 is 0. The van der Waals surface area contributed by atoms with E-state index < -0.39 is 93.1 Å². The van der Waals surface area contributed by atoms with Crippen molar-refractivity contribution >= 4 is 64.6 Å². The Balaban J connectivity index is 3.96. The van der Waals surface area contributed by atoms with Gasteiger partial charge < -0.3 is 52.6 Å². The fraction of sp³-hybridized carbons (Fsp3) is 0.633. The molecule has 0 fully saturated rings. The van der Waals surface area contributed by atoms with Gasteiger partial charge in [-0.2, -0.15) is 0 Å². The van der Waals surface area contributed by atoms with Gasteiger partial charge in [0, 0.05) is 19.3 Å². The maximum Gasteiger partial charge on any atom is 0.239 e. The Hall–Kier alpha value is -5.27. The first-order valence-electron chi connectivity index (χ1n) is 15.9. The molecule has 20 nitrogen and oxygen atoms in total. The molecule has 0 heterocycles. The summed E-state index contributed by atoms with van der Waals surface area (Å²) in [5, 5.41) is 21.0. The molecule has 0 saturated heterocycles. The van der Waals surface area contributed by atoms with Gasteiger partial charge in [0.1, 0.15) is 11.6 Å². The van der Waals surface area contributed by atoms with E-state index in [1.807, 2.05) is 0 Å². The Kier molecular flexibility index (Phi) is 23.8. The number of Topliss-reactive ketones (excluding diaryl/α,β-unsaturated/α-hetero) is 3. The monoisotopic (exact) mass is 711 g/mol. The normalized spacial score (nSPS) is 10.8. The predicted octanol–water partition coefficient (Wildman–Crippen LogP) is -5.02. The van der Waals surface area contributed by atoms with E-state index in [2.05, 4.69) is 47.9 Å². The minimum Gasteiger partial charge on any atom is -0.347 e. The number of nitrogens with one attached hydrogen (secondary N) is 9. The van der Waals surface area contributed by atoms with Crippen LogP contribution in [0.4, 0.5) is 0 Å². The molecule has 0 spiro atoms. The van der Waals surface area contributed by atoms with Gasteiger partial charge in [0.05, 0.1) is 58.4 Å². The molecule has 0 aliphatic rings. The van der Waals surface area contributed by atoms with E-state index in [4.69, 9.17) is 0 Å². The maximum atomic E-state index is 12.0. The van der Waals surface area contributed by atoms with Crippen LogP contribution in [0.1, 0.15) is 58.8 Å². The van der Waals surface area contributed by atoms with Crippen LogP contribution in [0.15, 0.2) is 0 Å². The number of amides is 8. The Labute approximate surface area is 289 Å². The smallest absolute Gasteiger partial charge is 0.239 e. The first-order valence-corrected chi connectivity index (χ1v) is 15.9. The molecule has 0 bridgehead atoms. The molecule has 0 aliphatic carbocycles. The molecule has 20 heteroatoms. The van der Waals surface area contributed by atoms with Gasteiger partial charge >= 0.3 is 0 Å². The van der Waals surface area contributed by atoms with Crippen LogP contribution in [-0.4, -0.2) is 130 Å². The molecule has 9 N–H and O–H groups in total. The fourth-order valence-corrected chi connectivity index (χ4v) is 3.75. The maximum absolute atomic E-state index is 12.0. The highest BCUT2D eigenvalue weighted by atomic mass is 16.2. The van der Waals surface area contributed by atoms with Gasteiger partial charge in [0.25, 0.3) is 0 Å². The van der Waals surface area contributed by atoms with Crippen LogP contribution < -0.4 is 47.9 Å². The van der Waals surface area contributed by atoms with Crippen LogP contribution in [0, 0.1) is 0 Å². The van der Waals surface area contributed by atoms with E-state index >= 15 is 0 Å². The van der Waals surface area contributed by atoms with E-state index in [1.54, 1.807) is 7.05 Å². The summed E-state index contributed by atoms with van der Waals surface area (Å²) in [4.78, 5) is 129. The second-order valence-electron chi connectivity index (χ2n) is 11.0. The zero-order chi connectivity index (χ0) is 37.9. The van der Waals surface area contributed by atoms with Gasteiger partial charge in [0.15, 0.2) is 5.78 Å². The van der Waals surface area contributed by atoms with Crippen molar-refractivity contribution in [1.82, 2.24) is 47.9 Å². The number of unbranched alkanes of at least 4 members (excludes halogenated alkanes) is 2. The molecular weight excluding hydrogens is 662 g/mol. The number of likely N-dealkylation sites (N-methyl/N-ethyl adjacent to an activating group) is 1. The van der Waals surface area contributed by atoms with Crippen molar-refractivity contribution < 1.29 is 52.7 Å². The lowest BCUT2D eigenvalue weighted by molar-refractivity contribution is -0.130. The molecule has 0 aromatic carbocycles. The average molecular weight is 712 g/mol. The van der Waals surface area contributed by atoms with Crippen LogP contribution in [-0.2, 0) is 52.7 Å². The molecule has 1 unspecified atom stereocenters. The standard InChI is InChI=1S/C30H49N9O11/c1-19(40)9-10-23(43)33-12-25(45)35-14-27(47)37-16-29(49)39-18-30(50)38-17-28(48)36-15-26(46)34-13-24(44)32-11-21(42)7-5-4-6-8-22(31-3)20(2)41/h22,31H,4-18H2,1-3H3,(H,32,44)(H,33,43)(H,34,46)(H,35,45)(H,36,48)(H,37,47)(H,38,50)(H,39,49). The van der Waals surface area contributed by atoms with Gasteiger partial charge in [-0.25, -0.2) is 0 Å². The highest BCUT2D eigenvalue weighted by Gasteiger charge is 2.14. The molecular formula is C30H49N9O11. The first kappa shape index (κ1) is 44.7. The third kappa shape index (κ3) is 25.8. The molecule has 8 amide bonds. The molecule has 1 atom stereocenters.